The van der Waals surface area contributed by atoms with E-state index in [1.165, 1.54) is 7.11 Å². The number of nitrogen functional groups attached to an aromatic ring is 1. The lowest BCUT2D eigenvalue weighted by atomic mass is 10.1. The average Bonchev–Trinajstić information content (AvgIpc) is 2.47. The van der Waals surface area contributed by atoms with Gasteiger partial charge < -0.3 is 15.8 Å². The molecule has 0 bridgehead atoms. The van der Waals surface area contributed by atoms with Crippen molar-refractivity contribution >= 4 is 17.3 Å². The Kier molecular flexibility index (Phi) is 3.92. The van der Waals surface area contributed by atoms with Gasteiger partial charge in [-0.25, -0.2) is 0 Å². The minimum Gasteiger partial charge on any atom is -0.496 e. The summed E-state index contributed by atoms with van der Waals surface area (Å²) in [6.45, 7) is 0. The molecule has 0 aliphatic carbocycles. The van der Waals surface area contributed by atoms with Crippen molar-refractivity contribution in [2.75, 3.05) is 18.2 Å². The van der Waals surface area contributed by atoms with Gasteiger partial charge >= 0.3 is 0 Å². The number of nitrogens with two attached hydrogens (primary N) is 1. The van der Waals surface area contributed by atoms with Gasteiger partial charge in [0, 0.05) is 16.9 Å². The standard InChI is InChI=1S/C16H14N2O2/c1-3-11-5-4-6-13(9-11)18-16(19)14-10-12(17)7-8-15(14)20-2/h1,4-10H,17H2,2H3,(H,18,19). The first-order chi connectivity index (χ1) is 9.63. The zero-order valence-corrected chi connectivity index (χ0v) is 11.0. The van der Waals surface area contributed by atoms with Gasteiger partial charge in [0.2, 0.25) is 0 Å². The zero-order chi connectivity index (χ0) is 14.5. The van der Waals surface area contributed by atoms with E-state index in [1.54, 1.807) is 42.5 Å². The molecule has 0 saturated heterocycles. The van der Waals surface area contributed by atoms with Gasteiger partial charge in [-0.1, -0.05) is 12.0 Å². The average molecular weight is 266 g/mol. The second-order valence-electron chi connectivity index (χ2n) is 4.14. The fourth-order valence-electron chi connectivity index (χ4n) is 1.79. The van der Waals surface area contributed by atoms with Crippen molar-refractivity contribution in [3.63, 3.8) is 0 Å². The van der Waals surface area contributed by atoms with Crippen LogP contribution in [0.25, 0.3) is 0 Å². The molecule has 0 aliphatic rings. The van der Waals surface area contributed by atoms with Crippen LogP contribution in [0.3, 0.4) is 0 Å². The van der Waals surface area contributed by atoms with Crippen LogP contribution in [0.4, 0.5) is 11.4 Å². The maximum absolute atomic E-state index is 12.2. The number of amides is 1. The molecule has 100 valence electrons. The van der Waals surface area contributed by atoms with E-state index in [9.17, 15) is 4.79 Å². The van der Waals surface area contributed by atoms with Crippen LogP contribution in [0.1, 0.15) is 15.9 Å². The maximum atomic E-state index is 12.2. The lowest BCUT2D eigenvalue weighted by molar-refractivity contribution is 0.102. The summed E-state index contributed by atoms with van der Waals surface area (Å²) in [7, 11) is 1.50. The predicted octanol–water partition coefficient (Wildman–Crippen LogP) is 2.51. The highest BCUT2D eigenvalue weighted by Gasteiger charge is 2.13. The van der Waals surface area contributed by atoms with Gasteiger partial charge in [-0.3, -0.25) is 4.79 Å². The quantitative estimate of drug-likeness (QED) is 0.662. The van der Waals surface area contributed by atoms with Gasteiger partial charge in [0.1, 0.15) is 5.75 Å². The Morgan fingerprint density at radius 3 is 2.80 bits per heavy atom. The first-order valence-electron chi connectivity index (χ1n) is 5.95. The fourth-order valence-corrected chi connectivity index (χ4v) is 1.79. The number of carbonyl (C=O) groups is 1. The van der Waals surface area contributed by atoms with Crippen molar-refractivity contribution in [3.05, 3.63) is 53.6 Å². The number of carbonyl (C=O) groups excluding carboxylic acids is 1. The second kappa shape index (κ2) is 5.81. The Balaban J connectivity index is 2.28. The number of hydrogen-bond acceptors (Lipinski definition) is 3. The number of terminal acetylenes is 1. The van der Waals surface area contributed by atoms with E-state index >= 15 is 0 Å². The van der Waals surface area contributed by atoms with Crippen LogP contribution < -0.4 is 15.8 Å². The molecule has 2 aromatic rings. The molecule has 0 radical (unpaired) electrons. The molecule has 0 heterocycles. The van der Waals surface area contributed by atoms with Crippen molar-refractivity contribution in [1.82, 2.24) is 0 Å². The van der Waals surface area contributed by atoms with Crippen LogP contribution in [0.5, 0.6) is 5.75 Å². The van der Waals surface area contributed by atoms with E-state index in [0.29, 0.717) is 28.3 Å². The highest BCUT2D eigenvalue weighted by molar-refractivity contribution is 6.06. The maximum Gasteiger partial charge on any atom is 0.259 e. The summed E-state index contributed by atoms with van der Waals surface area (Å²) in [5.41, 5.74) is 7.88. The molecule has 0 saturated carbocycles. The molecule has 4 nitrogen and oxygen atoms in total. The molecular weight excluding hydrogens is 252 g/mol. The first kappa shape index (κ1) is 13.5. The first-order valence-corrected chi connectivity index (χ1v) is 5.95. The molecule has 3 N–H and O–H groups in total. The molecule has 0 spiro atoms. The van der Waals surface area contributed by atoms with Gasteiger partial charge in [-0.05, 0) is 36.4 Å². The van der Waals surface area contributed by atoms with Crippen LogP contribution in [0, 0.1) is 12.3 Å². The summed E-state index contributed by atoms with van der Waals surface area (Å²) >= 11 is 0. The summed E-state index contributed by atoms with van der Waals surface area (Å²) in [5.74, 6) is 2.68. The molecule has 2 aromatic carbocycles. The van der Waals surface area contributed by atoms with Crippen molar-refractivity contribution < 1.29 is 9.53 Å². The van der Waals surface area contributed by atoms with E-state index < -0.39 is 0 Å². The van der Waals surface area contributed by atoms with Crippen LogP contribution >= 0.6 is 0 Å². The normalized spacial score (nSPS) is 9.60. The Labute approximate surface area is 117 Å². The number of nitrogens with one attached hydrogen (secondary N) is 1. The summed E-state index contributed by atoms with van der Waals surface area (Å²) in [6, 6.07) is 11.9. The van der Waals surface area contributed by atoms with Crippen molar-refractivity contribution in [3.8, 4) is 18.1 Å². The van der Waals surface area contributed by atoms with Crippen molar-refractivity contribution in [2.24, 2.45) is 0 Å². The van der Waals surface area contributed by atoms with Crippen LogP contribution in [-0.2, 0) is 0 Å². The van der Waals surface area contributed by atoms with E-state index in [0.717, 1.165) is 0 Å². The van der Waals surface area contributed by atoms with Crippen LogP contribution in [0.2, 0.25) is 0 Å². The topological polar surface area (TPSA) is 64.4 Å². The Morgan fingerprint density at radius 2 is 2.10 bits per heavy atom. The van der Waals surface area contributed by atoms with Crippen molar-refractivity contribution in [2.45, 2.75) is 0 Å². The highest BCUT2D eigenvalue weighted by atomic mass is 16.5. The number of rotatable bonds is 3. The summed E-state index contributed by atoms with van der Waals surface area (Å²) < 4.78 is 5.16. The third-order valence-corrected chi connectivity index (χ3v) is 2.76. The van der Waals surface area contributed by atoms with Gasteiger partial charge in [-0.15, -0.1) is 6.42 Å². The van der Waals surface area contributed by atoms with Crippen LogP contribution in [-0.4, -0.2) is 13.0 Å². The lowest BCUT2D eigenvalue weighted by Gasteiger charge is -2.10. The second-order valence-corrected chi connectivity index (χ2v) is 4.14. The number of benzene rings is 2. The van der Waals surface area contributed by atoms with E-state index in [1.807, 2.05) is 0 Å². The number of ether oxygens (including phenoxy) is 1. The predicted molar refractivity (Wildman–Crippen MR) is 79.7 cm³/mol. The SMILES string of the molecule is C#Cc1cccc(NC(=O)c2cc(N)ccc2OC)c1. The third-order valence-electron chi connectivity index (χ3n) is 2.76. The third kappa shape index (κ3) is 2.90. The molecule has 4 heteroatoms. The Hall–Kier alpha value is -2.93. The molecule has 0 atom stereocenters. The molecule has 0 fully saturated rings. The molecule has 0 aliphatic heterocycles. The number of anilines is 2. The number of methoxy groups -OCH3 is 1. The van der Waals surface area contributed by atoms with Gasteiger partial charge in [-0.2, -0.15) is 0 Å². The molecule has 0 aromatic heterocycles. The van der Waals surface area contributed by atoms with Gasteiger partial charge in [0.25, 0.3) is 5.91 Å². The Morgan fingerprint density at radius 1 is 1.30 bits per heavy atom. The van der Waals surface area contributed by atoms with E-state index in [-0.39, 0.29) is 5.91 Å². The summed E-state index contributed by atoms with van der Waals surface area (Å²) in [6.07, 6.45) is 5.33. The number of hydrogen-bond donors (Lipinski definition) is 2. The Bertz CT molecular complexity index is 687. The van der Waals surface area contributed by atoms with E-state index in [2.05, 4.69) is 11.2 Å². The largest absolute Gasteiger partial charge is 0.496 e. The minimum absolute atomic E-state index is 0.302. The molecule has 0 unspecified atom stereocenters. The molecular formula is C16H14N2O2. The van der Waals surface area contributed by atoms with Gasteiger partial charge in [0.15, 0.2) is 0 Å². The smallest absolute Gasteiger partial charge is 0.259 e. The van der Waals surface area contributed by atoms with Crippen molar-refractivity contribution in [1.29, 1.82) is 0 Å². The molecule has 1 amide bonds. The minimum atomic E-state index is -0.302. The molecule has 2 rings (SSSR count). The van der Waals surface area contributed by atoms with Gasteiger partial charge in [0.05, 0.1) is 12.7 Å². The summed E-state index contributed by atoms with van der Waals surface area (Å²) in [4.78, 5) is 12.2. The molecule has 20 heavy (non-hydrogen) atoms. The summed E-state index contributed by atoms with van der Waals surface area (Å²) in [5, 5.41) is 2.76. The monoisotopic (exact) mass is 266 g/mol. The zero-order valence-electron chi connectivity index (χ0n) is 11.0. The lowest BCUT2D eigenvalue weighted by Crippen LogP contribution is -2.13. The van der Waals surface area contributed by atoms with E-state index in [4.69, 9.17) is 16.9 Å². The van der Waals surface area contributed by atoms with Crippen LogP contribution in [0.15, 0.2) is 42.5 Å². The highest BCUT2D eigenvalue weighted by Crippen LogP contribution is 2.22. The fraction of sp³-hybridized carbons (Fsp3) is 0.0625.